The number of nitrogens with zero attached hydrogens (tertiary/aromatic N) is 3. The number of aryl methyl sites for hydroxylation is 1. The third-order valence-corrected chi connectivity index (χ3v) is 6.06. The Morgan fingerprint density at radius 2 is 2.04 bits per heavy atom. The molecular formula is C20H25N3OS. The van der Waals surface area contributed by atoms with Crippen molar-refractivity contribution in [2.24, 2.45) is 5.92 Å². The summed E-state index contributed by atoms with van der Waals surface area (Å²) in [5.74, 6) is 1.51. The van der Waals surface area contributed by atoms with Crippen molar-refractivity contribution in [3.63, 3.8) is 0 Å². The maximum Gasteiger partial charge on any atom is 0.229 e. The van der Waals surface area contributed by atoms with Crippen LogP contribution in [0, 0.1) is 24.2 Å². The van der Waals surface area contributed by atoms with Gasteiger partial charge >= 0.3 is 0 Å². The van der Waals surface area contributed by atoms with Crippen molar-refractivity contribution in [3.8, 4) is 6.07 Å². The molecule has 3 rings (SSSR count). The first kappa shape index (κ1) is 18.0. The van der Waals surface area contributed by atoms with Gasteiger partial charge in [0.15, 0.2) is 0 Å². The van der Waals surface area contributed by atoms with Gasteiger partial charge in [-0.1, -0.05) is 55.4 Å². The molecule has 0 saturated carbocycles. The van der Waals surface area contributed by atoms with E-state index in [1.807, 2.05) is 36.1 Å². The summed E-state index contributed by atoms with van der Waals surface area (Å²) < 4.78 is 0. The van der Waals surface area contributed by atoms with Gasteiger partial charge in [-0.05, 0) is 24.8 Å². The van der Waals surface area contributed by atoms with Crippen molar-refractivity contribution in [2.45, 2.75) is 39.5 Å². The molecule has 132 valence electrons. The van der Waals surface area contributed by atoms with Gasteiger partial charge in [-0.3, -0.25) is 14.6 Å². The van der Waals surface area contributed by atoms with Gasteiger partial charge in [-0.2, -0.15) is 5.26 Å². The van der Waals surface area contributed by atoms with Crippen LogP contribution in [0.3, 0.4) is 0 Å². The molecule has 0 radical (unpaired) electrons. The monoisotopic (exact) mass is 355 g/mol. The minimum absolute atomic E-state index is 0.112. The summed E-state index contributed by atoms with van der Waals surface area (Å²) in [5, 5.41) is 10.6. The second kappa shape index (κ2) is 7.63. The molecule has 2 heterocycles. The molecule has 2 aliphatic heterocycles. The molecule has 0 bridgehead atoms. The van der Waals surface area contributed by atoms with E-state index in [2.05, 4.69) is 24.8 Å². The van der Waals surface area contributed by atoms with E-state index >= 15 is 0 Å². The Balaban J connectivity index is 1.84. The minimum atomic E-state index is -0.112. The highest BCUT2D eigenvalue weighted by molar-refractivity contribution is 8.03. The third-order valence-electron chi connectivity index (χ3n) is 4.85. The number of benzene rings is 1. The lowest BCUT2D eigenvalue weighted by Gasteiger charge is -2.41. The number of thioether (sulfide) groups is 1. The number of carbonyl (C=O) groups is 1. The summed E-state index contributed by atoms with van der Waals surface area (Å²) in [4.78, 5) is 16.9. The summed E-state index contributed by atoms with van der Waals surface area (Å²) in [7, 11) is 0. The minimum Gasteiger partial charge on any atom is -0.292 e. The summed E-state index contributed by atoms with van der Waals surface area (Å²) in [6.45, 7) is 8.08. The van der Waals surface area contributed by atoms with Crippen molar-refractivity contribution in [3.05, 3.63) is 46.0 Å². The fraction of sp³-hybridized carbons (Fsp3) is 0.500. The van der Waals surface area contributed by atoms with Crippen LogP contribution in [0.25, 0.3) is 0 Å². The van der Waals surface area contributed by atoms with E-state index in [0.29, 0.717) is 19.0 Å². The maximum atomic E-state index is 12.8. The Labute approximate surface area is 154 Å². The van der Waals surface area contributed by atoms with Crippen molar-refractivity contribution in [1.29, 1.82) is 5.26 Å². The lowest BCUT2D eigenvalue weighted by atomic mass is 9.86. The second-order valence-corrected chi connectivity index (χ2v) is 8.25. The molecule has 1 atom stereocenters. The average Bonchev–Trinajstić information content (AvgIpc) is 2.60. The Kier molecular flexibility index (Phi) is 5.51. The van der Waals surface area contributed by atoms with Gasteiger partial charge in [0.1, 0.15) is 0 Å². The Morgan fingerprint density at radius 1 is 1.32 bits per heavy atom. The Bertz CT molecular complexity index is 717. The number of fused-ring (bicyclic) bond motifs is 1. The van der Waals surface area contributed by atoms with E-state index < -0.39 is 0 Å². The fourth-order valence-corrected chi connectivity index (χ4v) is 4.45. The van der Waals surface area contributed by atoms with Crippen molar-refractivity contribution in [2.75, 3.05) is 19.1 Å². The number of rotatable bonds is 4. The van der Waals surface area contributed by atoms with Crippen LogP contribution in [0.5, 0.6) is 0 Å². The molecule has 4 nitrogen and oxygen atoms in total. The molecule has 0 N–H and O–H groups in total. The van der Waals surface area contributed by atoms with Gasteiger partial charge in [0.25, 0.3) is 0 Å². The highest BCUT2D eigenvalue weighted by atomic mass is 32.2. The van der Waals surface area contributed by atoms with Gasteiger partial charge in [0.05, 0.1) is 29.2 Å². The zero-order valence-electron chi connectivity index (χ0n) is 15.2. The number of amides is 1. The van der Waals surface area contributed by atoms with Crippen LogP contribution >= 0.6 is 11.8 Å². The van der Waals surface area contributed by atoms with E-state index in [0.717, 1.165) is 35.0 Å². The van der Waals surface area contributed by atoms with Crippen molar-refractivity contribution < 1.29 is 4.79 Å². The predicted molar refractivity (Wildman–Crippen MR) is 102 cm³/mol. The van der Waals surface area contributed by atoms with Gasteiger partial charge in [-0.25, -0.2) is 0 Å². The molecule has 25 heavy (non-hydrogen) atoms. The van der Waals surface area contributed by atoms with Crippen LogP contribution < -0.4 is 0 Å². The first-order valence-electron chi connectivity index (χ1n) is 8.86. The van der Waals surface area contributed by atoms with E-state index in [9.17, 15) is 10.1 Å². The summed E-state index contributed by atoms with van der Waals surface area (Å²) >= 11 is 1.63. The Hall–Kier alpha value is -1.77. The molecule has 0 unspecified atom stereocenters. The SMILES string of the molecule is Cc1ccc([C@H]2CC(=O)N3CN(CCC(C)C)CSC3=C2C#N)cc1. The number of hydrogen-bond acceptors (Lipinski definition) is 4. The molecule has 2 aliphatic rings. The van der Waals surface area contributed by atoms with Gasteiger partial charge in [0, 0.05) is 18.9 Å². The van der Waals surface area contributed by atoms with Crippen LogP contribution in [0.1, 0.15) is 43.7 Å². The smallest absolute Gasteiger partial charge is 0.229 e. The normalized spacial score (nSPS) is 21.5. The topological polar surface area (TPSA) is 47.3 Å². The Morgan fingerprint density at radius 3 is 2.68 bits per heavy atom. The molecule has 1 saturated heterocycles. The predicted octanol–water partition coefficient (Wildman–Crippen LogP) is 4.06. The third kappa shape index (κ3) is 3.91. The molecule has 0 spiro atoms. The van der Waals surface area contributed by atoms with Crippen LogP contribution in [0.4, 0.5) is 0 Å². The van der Waals surface area contributed by atoms with Gasteiger partial charge in [0.2, 0.25) is 5.91 Å². The number of carbonyl (C=O) groups excluding carboxylic acids is 1. The van der Waals surface area contributed by atoms with E-state index in [-0.39, 0.29) is 11.8 Å². The van der Waals surface area contributed by atoms with E-state index in [1.165, 1.54) is 5.56 Å². The van der Waals surface area contributed by atoms with Crippen molar-refractivity contribution >= 4 is 17.7 Å². The fourth-order valence-electron chi connectivity index (χ4n) is 3.27. The maximum absolute atomic E-state index is 12.8. The summed E-state index contributed by atoms with van der Waals surface area (Å²) in [6.07, 6.45) is 1.51. The number of hydrogen-bond donors (Lipinski definition) is 0. The molecule has 1 amide bonds. The zero-order valence-corrected chi connectivity index (χ0v) is 16.0. The molecule has 0 aromatic heterocycles. The van der Waals surface area contributed by atoms with Gasteiger partial charge < -0.3 is 0 Å². The lowest BCUT2D eigenvalue weighted by Crippen LogP contribution is -2.47. The summed E-state index contributed by atoms with van der Waals surface area (Å²) in [5.41, 5.74) is 2.99. The highest BCUT2D eigenvalue weighted by Gasteiger charge is 2.38. The van der Waals surface area contributed by atoms with Crippen LogP contribution in [-0.4, -0.2) is 34.8 Å². The highest BCUT2D eigenvalue weighted by Crippen LogP contribution is 2.42. The molecule has 1 aromatic carbocycles. The van der Waals surface area contributed by atoms with Crippen LogP contribution in [0.2, 0.25) is 0 Å². The number of allylic oxidation sites excluding steroid dienone is 1. The number of nitriles is 1. The van der Waals surface area contributed by atoms with Crippen LogP contribution in [-0.2, 0) is 4.79 Å². The van der Waals surface area contributed by atoms with E-state index in [1.54, 1.807) is 11.8 Å². The van der Waals surface area contributed by atoms with Crippen LogP contribution in [0.15, 0.2) is 34.9 Å². The molecular weight excluding hydrogens is 330 g/mol. The molecule has 5 heteroatoms. The zero-order chi connectivity index (χ0) is 18.0. The first-order valence-corrected chi connectivity index (χ1v) is 9.84. The average molecular weight is 356 g/mol. The first-order chi connectivity index (χ1) is 12.0. The lowest BCUT2D eigenvalue weighted by molar-refractivity contribution is -0.131. The largest absolute Gasteiger partial charge is 0.292 e. The summed E-state index contributed by atoms with van der Waals surface area (Å²) in [6, 6.07) is 10.6. The quantitative estimate of drug-likeness (QED) is 0.817. The van der Waals surface area contributed by atoms with Gasteiger partial charge in [-0.15, -0.1) is 0 Å². The molecule has 0 aliphatic carbocycles. The molecule has 1 fully saturated rings. The second-order valence-electron chi connectivity index (χ2n) is 7.31. The standard InChI is InChI=1S/C20H25N3OS/c1-14(2)8-9-22-12-23-19(24)10-17(16-6-4-15(3)5-7-16)18(11-21)20(23)25-13-22/h4-7,14,17H,8-10,12-13H2,1-3H3/t17-/m1/s1. The van der Waals surface area contributed by atoms with Crippen molar-refractivity contribution in [1.82, 2.24) is 9.80 Å². The molecule has 1 aromatic rings. The van der Waals surface area contributed by atoms with E-state index in [4.69, 9.17) is 0 Å².